The molecule has 3 rings (SSSR count). The summed E-state index contributed by atoms with van der Waals surface area (Å²) in [6, 6.07) is 20.4. The molecule has 0 unspecified atom stereocenters. The average Bonchev–Trinajstić information content (AvgIpc) is 2.73. The van der Waals surface area contributed by atoms with Gasteiger partial charge in [-0.05, 0) is 53.3 Å². The lowest BCUT2D eigenvalue weighted by Crippen LogP contribution is -2.47. The molecule has 0 aliphatic rings. The second-order valence-corrected chi connectivity index (χ2v) is 7.63. The van der Waals surface area contributed by atoms with Crippen LogP contribution in [0.15, 0.2) is 71.6 Å². The molecule has 3 aromatic carbocycles. The molecule has 0 aromatic heterocycles. The molecule has 4 N–H and O–H groups in total. The quantitative estimate of drug-likeness (QED) is 0.455. The summed E-state index contributed by atoms with van der Waals surface area (Å²) in [6.45, 7) is -0.536. The molecule has 146 valence electrons. The van der Waals surface area contributed by atoms with Gasteiger partial charge in [-0.25, -0.2) is 4.39 Å². The molecule has 0 bridgehead atoms. The fourth-order valence-electron chi connectivity index (χ4n) is 3.04. The number of hydrogen-bond acceptors (Lipinski definition) is 4. The lowest BCUT2D eigenvalue weighted by Gasteiger charge is -2.24. The van der Waals surface area contributed by atoms with Gasteiger partial charge in [-0.15, -0.1) is 12.6 Å². The van der Waals surface area contributed by atoms with Crippen molar-refractivity contribution in [2.24, 2.45) is 5.73 Å². The molecule has 28 heavy (non-hydrogen) atoms. The second kappa shape index (κ2) is 8.88. The topological polar surface area (TPSA) is 66.5 Å². The Morgan fingerprint density at radius 2 is 1.39 bits per heavy atom. The molecule has 0 heterocycles. The van der Waals surface area contributed by atoms with Crippen molar-refractivity contribution >= 4 is 12.6 Å². The third-order valence-corrected chi connectivity index (χ3v) is 5.27. The highest BCUT2D eigenvalue weighted by molar-refractivity contribution is 7.80. The molecule has 3 aromatic rings. The standard InChI is InChI=1S/C23H24FNO2S/c24-22-13-19(17-5-8-20(28)9-6-17)7-10-21(22)18-3-1-16(2-4-18)11-12-23(25,14-26)15-27/h1-10,13,26-28H,11-12,14-15,25H2. The second-order valence-electron chi connectivity index (χ2n) is 7.12. The van der Waals surface area contributed by atoms with Crippen LogP contribution in [0, 0.1) is 5.82 Å². The summed E-state index contributed by atoms with van der Waals surface area (Å²) in [5.41, 5.74) is 9.03. The molecule has 0 saturated carbocycles. The Morgan fingerprint density at radius 1 is 0.821 bits per heavy atom. The first kappa shape index (κ1) is 20.6. The van der Waals surface area contributed by atoms with Gasteiger partial charge < -0.3 is 15.9 Å². The fraction of sp³-hybridized carbons (Fsp3) is 0.217. The summed E-state index contributed by atoms with van der Waals surface area (Å²) in [6.07, 6.45) is 1.09. The van der Waals surface area contributed by atoms with E-state index in [9.17, 15) is 14.6 Å². The van der Waals surface area contributed by atoms with E-state index in [0.29, 0.717) is 18.4 Å². The summed E-state index contributed by atoms with van der Waals surface area (Å²) in [4.78, 5) is 0.866. The van der Waals surface area contributed by atoms with E-state index in [1.807, 2.05) is 54.6 Å². The van der Waals surface area contributed by atoms with Gasteiger partial charge in [0.25, 0.3) is 0 Å². The van der Waals surface area contributed by atoms with Crippen LogP contribution >= 0.6 is 12.6 Å². The SMILES string of the molecule is NC(CO)(CO)CCc1ccc(-c2ccc(-c3ccc(S)cc3)cc2F)cc1. The van der Waals surface area contributed by atoms with Crippen molar-refractivity contribution in [1.29, 1.82) is 0 Å². The highest BCUT2D eigenvalue weighted by Gasteiger charge is 2.22. The Hall–Kier alpha value is -2.18. The molecule has 0 spiro atoms. The number of thiol groups is 1. The maximum Gasteiger partial charge on any atom is 0.131 e. The van der Waals surface area contributed by atoms with E-state index < -0.39 is 5.54 Å². The highest BCUT2D eigenvalue weighted by atomic mass is 32.1. The van der Waals surface area contributed by atoms with Crippen molar-refractivity contribution in [3.63, 3.8) is 0 Å². The molecule has 5 heteroatoms. The van der Waals surface area contributed by atoms with Crippen LogP contribution in [0.5, 0.6) is 0 Å². The van der Waals surface area contributed by atoms with E-state index in [1.54, 1.807) is 12.1 Å². The van der Waals surface area contributed by atoms with E-state index in [0.717, 1.165) is 27.1 Å². The number of rotatable bonds is 7. The van der Waals surface area contributed by atoms with Crippen molar-refractivity contribution in [3.05, 3.63) is 78.1 Å². The van der Waals surface area contributed by atoms with Crippen molar-refractivity contribution in [2.75, 3.05) is 13.2 Å². The predicted molar refractivity (Wildman–Crippen MR) is 114 cm³/mol. The zero-order valence-corrected chi connectivity index (χ0v) is 16.4. The molecule has 3 nitrogen and oxygen atoms in total. The van der Waals surface area contributed by atoms with Crippen molar-refractivity contribution in [2.45, 2.75) is 23.3 Å². The highest BCUT2D eigenvalue weighted by Crippen LogP contribution is 2.29. The zero-order chi connectivity index (χ0) is 20.1. The third kappa shape index (κ3) is 4.80. The van der Waals surface area contributed by atoms with Crippen molar-refractivity contribution in [3.8, 4) is 22.3 Å². The largest absolute Gasteiger partial charge is 0.394 e. The molecular formula is C23H24FNO2S. The maximum atomic E-state index is 14.7. The number of aryl methyl sites for hydroxylation is 1. The van der Waals surface area contributed by atoms with Gasteiger partial charge >= 0.3 is 0 Å². The number of aliphatic hydroxyl groups is 2. The summed E-state index contributed by atoms with van der Waals surface area (Å²) in [7, 11) is 0. The third-order valence-electron chi connectivity index (χ3n) is 4.98. The number of hydrogen-bond donors (Lipinski definition) is 4. The van der Waals surface area contributed by atoms with Gasteiger partial charge in [0.15, 0.2) is 0 Å². The van der Waals surface area contributed by atoms with Gasteiger partial charge in [0, 0.05) is 10.5 Å². The maximum absolute atomic E-state index is 14.7. The van der Waals surface area contributed by atoms with Crippen LogP contribution in [0.4, 0.5) is 4.39 Å². The molecular weight excluding hydrogens is 373 g/mol. The minimum absolute atomic E-state index is 0.268. The van der Waals surface area contributed by atoms with Gasteiger partial charge in [-0.2, -0.15) is 0 Å². The fourth-order valence-corrected chi connectivity index (χ4v) is 3.18. The summed E-state index contributed by atoms with van der Waals surface area (Å²) in [5.74, 6) is -0.276. The van der Waals surface area contributed by atoms with Crippen LogP contribution < -0.4 is 5.73 Å². The van der Waals surface area contributed by atoms with Gasteiger partial charge in [0.1, 0.15) is 5.82 Å². The monoisotopic (exact) mass is 397 g/mol. The smallest absolute Gasteiger partial charge is 0.131 e. The number of halogens is 1. The van der Waals surface area contributed by atoms with E-state index >= 15 is 0 Å². The summed E-state index contributed by atoms with van der Waals surface area (Å²) in [5, 5.41) is 18.5. The summed E-state index contributed by atoms with van der Waals surface area (Å²) >= 11 is 4.27. The van der Waals surface area contributed by atoms with Crippen LogP contribution in [0.2, 0.25) is 0 Å². The molecule has 0 atom stereocenters. The predicted octanol–water partition coefficient (Wildman–Crippen LogP) is 4.06. The molecule has 0 amide bonds. The lowest BCUT2D eigenvalue weighted by atomic mass is 9.93. The molecule has 0 aliphatic heterocycles. The number of benzene rings is 3. The average molecular weight is 398 g/mol. The molecule has 0 fully saturated rings. The van der Waals surface area contributed by atoms with Gasteiger partial charge in [0.2, 0.25) is 0 Å². The van der Waals surface area contributed by atoms with E-state index in [4.69, 9.17) is 5.73 Å². The van der Waals surface area contributed by atoms with E-state index in [-0.39, 0.29) is 19.0 Å². The molecule has 0 aliphatic carbocycles. The van der Waals surface area contributed by atoms with Crippen molar-refractivity contribution < 1.29 is 14.6 Å². The normalized spacial score (nSPS) is 11.6. The van der Waals surface area contributed by atoms with E-state index in [2.05, 4.69) is 12.6 Å². The zero-order valence-electron chi connectivity index (χ0n) is 15.5. The Bertz CT molecular complexity index is 922. The first-order valence-electron chi connectivity index (χ1n) is 9.13. The Morgan fingerprint density at radius 3 is 1.96 bits per heavy atom. The first-order valence-corrected chi connectivity index (χ1v) is 9.58. The minimum Gasteiger partial charge on any atom is -0.394 e. The number of nitrogens with two attached hydrogens (primary N) is 1. The Kier molecular flexibility index (Phi) is 6.52. The molecule has 0 saturated heterocycles. The Labute approximate surface area is 170 Å². The summed E-state index contributed by atoms with van der Waals surface area (Å²) < 4.78 is 14.7. The molecule has 0 radical (unpaired) electrons. The van der Waals surface area contributed by atoms with Gasteiger partial charge in [-0.3, -0.25) is 0 Å². The van der Waals surface area contributed by atoms with Crippen LogP contribution in [0.3, 0.4) is 0 Å². The van der Waals surface area contributed by atoms with E-state index in [1.165, 1.54) is 0 Å². The van der Waals surface area contributed by atoms with Crippen LogP contribution in [-0.4, -0.2) is 29.0 Å². The minimum atomic E-state index is -0.980. The van der Waals surface area contributed by atoms with Crippen molar-refractivity contribution in [1.82, 2.24) is 0 Å². The van der Waals surface area contributed by atoms with Crippen LogP contribution in [0.25, 0.3) is 22.3 Å². The van der Waals surface area contributed by atoms with Gasteiger partial charge in [-0.1, -0.05) is 48.5 Å². The Balaban J connectivity index is 1.76. The lowest BCUT2D eigenvalue weighted by molar-refractivity contribution is 0.115. The van der Waals surface area contributed by atoms with Crippen LogP contribution in [0.1, 0.15) is 12.0 Å². The number of aliphatic hydroxyl groups excluding tert-OH is 2. The van der Waals surface area contributed by atoms with Gasteiger partial charge in [0.05, 0.1) is 18.8 Å². The van der Waals surface area contributed by atoms with Crippen LogP contribution in [-0.2, 0) is 6.42 Å². The first-order chi connectivity index (χ1) is 13.4.